The predicted molar refractivity (Wildman–Crippen MR) is 74.2 cm³/mol. The van der Waals surface area contributed by atoms with E-state index in [2.05, 4.69) is 6.92 Å². The molecule has 18 heavy (non-hydrogen) atoms. The fraction of sp³-hybridized carbons (Fsp3) is 0.500. The molecule has 0 bridgehead atoms. The average Bonchev–Trinajstić information content (AvgIpc) is 2.40. The number of rotatable bonds is 9. The second-order valence-electron chi connectivity index (χ2n) is 4.47. The summed E-state index contributed by atoms with van der Waals surface area (Å²) < 4.78 is 5.20. The number of benzene rings is 1. The fourth-order valence-corrected chi connectivity index (χ4v) is 1.80. The molecule has 0 heterocycles. The van der Waals surface area contributed by atoms with Crippen LogP contribution in [0.5, 0.6) is 0 Å². The van der Waals surface area contributed by atoms with Gasteiger partial charge in [0.25, 0.3) is 0 Å². The fourth-order valence-electron chi connectivity index (χ4n) is 1.80. The zero-order valence-corrected chi connectivity index (χ0v) is 11.1. The van der Waals surface area contributed by atoms with Crippen LogP contribution in [0, 0.1) is 6.92 Å². The van der Waals surface area contributed by atoms with Gasteiger partial charge in [-0.2, -0.15) is 0 Å². The highest BCUT2D eigenvalue weighted by Crippen LogP contribution is 2.06. The molecular formula is C16H23O2. The molecule has 1 aromatic rings. The first-order chi connectivity index (χ1) is 8.83. The van der Waals surface area contributed by atoms with Gasteiger partial charge in [-0.05, 0) is 12.0 Å². The summed E-state index contributed by atoms with van der Waals surface area (Å²) in [7, 11) is 0. The average molecular weight is 247 g/mol. The first kappa shape index (κ1) is 14.7. The van der Waals surface area contributed by atoms with Crippen LogP contribution in [-0.4, -0.2) is 12.6 Å². The maximum atomic E-state index is 11.4. The monoisotopic (exact) mass is 247 g/mol. The SMILES string of the molecule is [CH2]CCCCCCC(=O)OCCc1ccccc1. The van der Waals surface area contributed by atoms with Gasteiger partial charge in [-0.15, -0.1) is 0 Å². The van der Waals surface area contributed by atoms with Crippen LogP contribution in [0.15, 0.2) is 30.3 Å². The third kappa shape index (κ3) is 7.10. The third-order valence-corrected chi connectivity index (χ3v) is 2.88. The summed E-state index contributed by atoms with van der Waals surface area (Å²) in [5.74, 6) is -0.0689. The number of carbonyl (C=O) groups is 1. The summed E-state index contributed by atoms with van der Waals surface area (Å²) >= 11 is 0. The van der Waals surface area contributed by atoms with E-state index in [1.54, 1.807) is 0 Å². The van der Waals surface area contributed by atoms with Crippen LogP contribution in [0.4, 0.5) is 0 Å². The highest BCUT2D eigenvalue weighted by atomic mass is 16.5. The lowest BCUT2D eigenvalue weighted by Crippen LogP contribution is -2.07. The van der Waals surface area contributed by atoms with E-state index < -0.39 is 0 Å². The quantitative estimate of drug-likeness (QED) is 0.488. The molecule has 1 rings (SSSR count). The number of hydrogen-bond donors (Lipinski definition) is 0. The van der Waals surface area contributed by atoms with Gasteiger partial charge < -0.3 is 4.74 Å². The molecule has 2 heteroatoms. The van der Waals surface area contributed by atoms with E-state index in [-0.39, 0.29) is 5.97 Å². The van der Waals surface area contributed by atoms with Crippen molar-refractivity contribution in [2.45, 2.75) is 44.9 Å². The normalized spacial score (nSPS) is 10.3. The minimum absolute atomic E-state index is 0.0689. The van der Waals surface area contributed by atoms with Gasteiger partial charge in [0.2, 0.25) is 0 Å². The molecule has 0 saturated heterocycles. The van der Waals surface area contributed by atoms with E-state index in [0.29, 0.717) is 13.0 Å². The Labute approximate surface area is 110 Å². The maximum Gasteiger partial charge on any atom is 0.305 e. The first-order valence-electron chi connectivity index (χ1n) is 6.81. The van der Waals surface area contributed by atoms with Gasteiger partial charge in [0, 0.05) is 12.8 Å². The van der Waals surface area contributed by atoms with Crippen LogP contribution in [0.2, 0.25) is 0 Å². The van der Waals surface area contributed by atoms with E-state index in [9.17, 15) is 4.79 Å². The van der Waals surface area contributed by atoms with E-state index >= 15 is 0 Å². The molecule has 0 aliphatic heterocycles. The minimum Gasteiger partial charge on any atom is -0.465 e. The Morgan fingerprint density at radius 2 is 1.78 bits per heavy atom. The van der Waals surface area contributed by atoms with Crippen molar-refractivity contribution in [3.63, 3.8) is 0 Å². The number of carbonyl (C=O) groups excluding carboxylic acids is 1. The molecule has 1 radical (unpaired) electrons. The predicted octanol–water partition coefficient (Wildman–Crippen LogP) is 3.95. The Balaban J connectivity index is 2.00. The molecule has 0 aliphatic carbocycles. The second-order valence-corrected chi connectivity index (χ2v) is 4.47. The summed E-state index contributed by atoms with van der Waals surface area (Å²) in [6.45, 7) is 4.28. The molecule has 0 fully saturated rings. The van der Waals surface area contributed by atoms with Crippen molar-refractivity contribution in [1.82, 2.24) is 0 Å². The van der Waals surface area contributed by atoms with Crippen molar-refractivity contribution in [3.05, 3.63) is 42.8 Å². The molecule has 0 spiro atoms. The van der Waals surface area contributed by atoms with Crippen molar-refractivity contribution < 1.29 is 9.53 Å². The summed E-state index contributed by atoms with van der Waals surface area (Å²) in [4.78, 5) is 11.4. The van der Waals surface area contributed by atoms with Gasteiger partial charge >= 0.3 is 5.97 Å². The molecule has 0 N–H and O–H groups in total. The molecule has 0 saturated carbocycles. The first-order valence-corrected chi connectivity index (χ1v) is 6.81. The molecule has 2 nitrogen and oxygen atoms in total. The Bertz CT molecular complexity index is 319. The Morgan fingerprint density at radius 3 is 2.50 bits per heavy atom. The molecule has 0 unspecified atom stereocenters. The largest absolute Gasteiger partial charge is 0.465 e. The van der Waals surface area contributed by atoms with Gasteiger partial charge in [-0.1, -0.05) is 62.9 Å². The summed E-state index contributed by atoms with van der Waals surface area (Å²) in [5, 5.41) is 0. The number of ether oxygens (including phenoxy) is 1. The van der Waals surface area contributed by atoms with E-state index in [1.807, 2.05) is 30.3 Å². The Morgan fingerprint density at radius 1 is 1.06 bits per heavy atom. The summed E-state index contributed by atoms with van der Waals surface area (Å²) in [5.41, 5.74) is 1.21. The van der Waals surface area contributed by atoms with Gasteiger partial charge in [0.05, 0.1) is 6.61 Å². The van der Waals surface area contributed by atoms with Crippen molar-refractivity contribution in [3.8, 4) is 0 Å². The van der Waals surface area contributed by atoms with Crippen LogP contribution in [-0.2, 0) is 16.0 Å². The Hall–Kier alpha value is -1.31. The van der Waals surface area contributed by atoms with Crippen LogP contribution in [0.3, 0.4) is 0 Å². The van der Waals surface area contributed by atoms with E-state index in [4.69, 9.17) is 4.74 Å². The molecule has 0 atom stereocenters. The van der Waals surface area contributed by atoms with Crippen LogP contribution >= 0.6 is 0 Å². The minimum atomic E-state index is -0.0689. The van der Waals surface area contributed by atoms with Crippen molar-refractivity contribution >= 4 is 5.97 Å². The lowest BCUT2D eigenvalue weighted by Gasteiger charge is -2.05. The van der Waals surface area contributed by atoms with Crippen molar-refractivity contribution in [2.75, 3.05) is 6.61 Å². The number of hydrogen-bond acceptors (Lipinski definition) is 2. The topological polar surface area (TPSA) is 26.3 Å². The second kappa shape index (κ2) is 9.69. The van der Waals surface area contributed by atoms with Gasteiger partial charge in [0.15, 0.2) is 0 Å². The van der Waals surface area contributed by atoms with Crippen LogP contribution < -0.4 is 0 Å². The lowest BCUT2D eigenvalue weighted by molar-refractivity contribution is -0.143. The standard InChI is InChI=1S/C16H23O2/c1-2-3-4-5-9-12-16(17)18-14-13-15-10-7-6-8-11-15/h6-8,10-11H,1-5,9,12-14H2. The lowest BCUT2D eigenvalue weighted by atomic mass is 10.1. The molecule has 99 valence electrons. The van der Waals surface area contributed by atoms with E-state index in [0.717, 1.165) is 32.1 Å². The van der Waals surface area contributed by atoms with Crippen LogP contribution in [0.25, 0.3) is 0 Å². The maximum absolute atomic E-state index is 11.4. The number of unbranched alkanes of at least 4 members (excludes halogenated alkanes) is 4. The molecular weight excluding hydrogens is 224 g/mol. The molecule has 0 amide bonds. The van der Waals surface area contributed by atoms with Gasteiger partial charge in [0.1, 0.15) is 0 Å². The van der Waals surface area contributed by atoms with Crippen molar-refractivity contribution in [1.29, 1.82) is 0 Å². The Kier molecular flexibility index (Phi) is 7.94. The highest BCUT2D eigenvalue weighted by molar-refractivity contribution is 5.69. The van der Waals surface area contributed by atoms with E-state index in [1.165, 1.54) is 12.0 Å². The zero-order chi connectivity index (χ0) is 13.1. The summed E-state index contributed by atoms with van der Waals surface area (Å²) in [6.07, 6.45) is 6.69. The third-order valence-electron chi connectivity index (χ3n) is 2.88. The smallest absolute Gasteiger partial charge is 0.305 e. The molecule has 0 aliphatic rings. The molecule has 1 aromatic carbocycles. The number of esters is 1. The van der Waals surface area contributed by atoms with Crippen molar-refractivity contribution in [2.24, 2.45) is 0 Å². The molecule has 0 aromatic heterocycles. The summed E-state index contributed by atoms with van der Waals surface area (Å²) in [6, 6.07) is 10.1. The van der Waals surface area contributed by atoms with Gasteiger partial charge in [-0.3, -0.25) is 4.79 Å². The zero-order valence-electron chi connectivity index (χ0n) is 11.1. The highest BCUT2D eigenvalue weighted by Gasteiger charge is 2.02. The van der Waals surface area contributed by atoms with Gasteiger partial charge in [-0.25, -0.2) is 0 Å². The van der Waals surface area contributed by atoms with Crippen LogP contribution in [0.1, 0.15) is 44.1 Å².